The van der Waals surface area contributed by atoms with Gasteiger partial charge >= 0.3 is 0 Å². The molecule has 0 spiro atoms. The van der Waals surface area contributed by atoms with E-state index in [-0.39, 0.29) is 12.5 Å². The second kappa shape index (κ2) is 4.94. The summed E-state index contributed by atoms with van der Waals surface area (Å²) in [5.74, 6) is 0.00877. The van der Waals surface area contributed by atoms with Crippen LogP contribution in [-0.2, 0) is 11.2 Å². The van der Waals surface area contributed by atoms with Gasteiger partial charge in [-0.1, -0.05) is 17.7 Å². The van der Waals surface area contributed by atoms with Gasteiger partial charge in [0.05, 0.1) is 5.60 Å². The molecule has 1 aliphatic rings. The molecule has 0 saturated carbocycles. The van der Waals surface area contributed by atoms with Crippen molar-refractivity contribution in [3.63, 3.8) is 0 Å². The number of hydrogen-bond acceptors (Lipinski definition) is 3. The maximum atomic E-state index is 11.9. The highest BCUT2D eigenvalue weighted by Gasteiger charge is 2.33. The standard InChI is InChI=1S/C15H22N2O2/c1-10-6-11(2)14-13(7-10)8-15(19,9-16)4-5-17(14)12(3)18/h6-7,19H,4-5,8-9,16H2,1-3H3. The number of nitrogens with zero attached hydrogens (tertiary/aromatic N) is 1. The quantitative estimate of drug-likeness (QED) is 0.801. The van der Waals surface area contributed by atoms with E-state index in [0.29, 0.717) is 19.4 Å². The summed E-state index contributed by atoms with van der Waals surface area (Å²) < 4.78 is 0. The van der Waals surface area contributed by atoms with Gasteiger partial charge in [-0.15, -0.1) is 0 Å². The number of aryl methyl sites for hydroxylation is 2. The fourth-order valence-corrected chi connectivity index (χ4v) is 2.93. The Morgan fingerprint density at radius 3 is 2.74 bits per heavy atom. The molecular formula is C15H22N2O2. The Hall–Kier alpha value is -1.39. The number of hydrogen-bond donors (Lipinski definition) is 2. The third-order valence-electron chi connectivity index (χ3n) is 3.87. The molecule has 1 amide bonds. The largest absolute Gasteiger partial charge is 0.388 e. The number of nitrogens with two attached hydrogens (primary N) is 1. The molecule has 4 heteroatoms. The van der Waals surface area contributed by atoms with Crippen LogP contribution in [0.25, 0.3) is 0 Å². The van der Waals surface area contributed by atoms with Crippen molar-refractivity contribution in [2.75, 3.05) is 18.0 Å². The molecule has 2 rings (SSSR count). The zero-order valence-electron chi connectivity index (χ0n) is 11.9. The maximum Gasteiger partial charge on any atom is 0.223 e. The van der Waals surface area contributed by atoms with Crippen LogP contribution in [0.5, 0.6) is 0 Å². The predicted molar refractivity (Wildman–Crippen MR) is 76.3 cm³/mol. The van der Waals surface area contributed by atoms with E-state index in [1.807, 2.05) is 19.9 Å². The van der Waals surface area contributed by atoms with Crippen molar-refractivity contribution in [1.29, 1.82) is 0 Å². The minimum Gasteiger partial charge on any atom is -0.388 e. The summed E-state index contributed by atoms with van der Waals surface area (Å²) in [4.78, 5) is 13.6. The molecule has 0 radical (unpaired) electrons. The van der Waals surface area contributed by atoms with Crippen molar-refractivity contribution < 1.29 is 9.90 Å². The third kappa shape index (κ3) is 2.65. The average Bonchev–Trinajstić information content (AvgIpc) is 2.46. The van der Waals surface area contributed by atoms with E-state index in [2.05, 4.69) is 6.07 Å². The van der Waals surface area contributed by atoms with E-state index < -0.39 is 5.60 Å². The Morgan fingerprint density at radius 2 is 2.16 bits per heavy atom. The number of benzene rings is 1. The van der Waals surface area contributed by atoms with Gasteiger partial charge in [0.25, 0.3) is 0 Å². The summed E-state index contributed by atoms with van der Waals surface area (Å²) in [6.45, 7) is 6.33. The second-order valence-corrected chi connectivity index (χ2v) is 5.62. The second-order valence-electron chi connectivity index (χ2n) is 5.62. The van der Waals surface area contributed by atoms with Crippen LogP contribution in [0, 0.1) is 13.8 Å². The van der Waals surface area contributed by atoms with Crippen molar-refractivity contribution in [3.05, 3.63) is 28.8 Å². The normalized spacial score (nSPS) is 22.9. The number of amides is 1. The van der Waals surface area contributed by atoms with Gasteiger partial charge in [0, 0.05) is 32.1 Å². The van der Waals surface area contributed by atoms with Crippen LogP contribution in [0.4, 0.5) is 5.69 Å². The minimum absolute atomic E-state index is 0.00877. The Bertz CT molecular complexity index is 513. The van der Waals surface area contributed by atoms with Gasteiger partial charge < -0.3 is 15.7 Å². The van der Waals surface area contributed by atoms with E-state index in [1.54, 1.807) is 11.8 Å². The predicted octanol–water partition coefficient (Wildman–Crippen LogP) is 1.29. The lowest BCUT2D eigenvalue weighted by atomic mass is 9.90. The number of anilines is 1. The van der Waals surface area contributed by atoms with Gasteiger partial charge in [-0.05, 0) is 31.4 Å². The molecule has 0 aromatic heterocycles. The first kappa shape index (κ1) is 14.0. The van der Waals surface area contributed by atoms with Crippen molar-refractivity contribution in [3.8, 4) is 0 Å². The molecule has 1 atom stereocenters. The van der Waals surface area contributed by atoms with Gasteiger partial charge in [-0.25, -0.2) is 0 Å². The molecule has 4 nitrogen and oxygen atoms in total. The molecule has 3 N–H and O–H groups in total. The van der Waals surface area contributed by atoms with Gasteiger partial charge in [-0.3, -0.25) is 4.79 Å². The lowest BCUT2D eigenvalue weighted by Gasteiger charge is -2.25. The summed E-state index contributed by atoms with van der Waals surface area (Å²) >= 11 is 0. The van der Waals surface area contributed by atoms with Crippen LogP contribution >= 0.6 is 0 Å². The molecule has 19 heavy (non-hydrogen) atoms. The SMILES string of the molecule is CC(=O)N1CCC(O)(CN)Cc2cc(C)cc(C)c21. The van der Waals surface area contributed by atoms with Crippen molar-refractivity contribution in [1.82, 2.24) is 0 Å². The Kier molecular flexibility index (Phi) is 3.65. The number of fused-ring (bicyclic) bond motifs is 1. The minimum atomic E-state index is -0.917. The van der Waals surface area contributed by atoms with Gasteiger partial charge in [0.1, 0.15) is 0 Å². The molecule has 1 unspecified atom stereocenters. The fraction of sp³-hybridized carbons (Fsp3) is 0.533. The summed E-state index contributed by atoms with van der Waals surface area (Å²) in [5.41, 5.74) is 8.97. The van der Waals surface area contributed by atoms with E-state index in [1.165, 1.54) is 0 Å². The van der Waals surface area contributed by atoms with Crippen LogP contribution in [0.3, 0.4) is 0 Å². The maximum absolute atomic E-state index is 11.9. The van der Waals surface area contributed by atoms with Crippen molar-refractivity contribution in [2.24, 2.45) is 5.73 Å². The van der Waals surface area contributed by atoms with Crippen LogP contribution < -0.4 is 10.6 Å². The highest BCUT2D eigenvalue weighted by molar-refractivity contribution is 5.93. The zero-order valence-corrected chi connectivity index (χ0v) is 11.9. The first-order chi connectivity index (χ1) is 8.86. The summed E-state index contributed by atoms with van der Waals surface area (Å²) in [6, 6.07) is 4.12. The molecule has 0 fully saturated rings. The van der Waals surface area contributed by atoms with Crippen LogP contribution in [0.1, 0.15) is 30.0 Å². The van der Waals surface area contributed by atoms with Gasteiger partial charge in [0.15, 0.2) is 0 Å². The molecule has 0 bridgehead atoms. The Morgan fingerprint density at radius 1 is 1.47 bits per heavy atom. The zero-order chi connectivity index (χ0) is 14.2. The van der Waals surface area contributed by atoms with Crippen LogP contribution in [0.2, 0.25) is 0 Å². The molecule has 0 aliphatic carbocycles. The van der Waals surface area contributed by atoms with Crippen LogP contribution in [0.15, 0.2) is 12.1 Å². The lowest BCUT2D eigenvalue weighted by molar-refractivity contribution is -0.116. The number of carbonyl (C=O) groups excluding carboxylic acids is 1. The number of rotatable bonds is 1. The van der Waals surface area contributed by atoms with E-state index in [0.717, 1.165) is 22.4 Å². The van der Waals surface area contributed by atoms with Crippen molar-refractivity contribution >= 4 is 11.6 Å². The lowest BCUT2D eigenvalue weighted by Crippen LogP contribution is -2.41. The molecular weight excluding hydrogens is 240 g/mol. The van der Waals surface area contributed by atoms with Gasteiger partial charge in [0.2, 0.25) is 5.91 Å². The van der Waals surface area contributed by atoms with E-state index in [4.69, 9.17) is 5.73 Å². The number of carbonyl (C=O) groups is 1. The smallest absolute Gasteiger partial charge is 0.223 e. The van der Waals surface area contributed by atoms with Crippen molar-refractivity contribution in [2.45, 2.75) is 39.2 Å². The average molecular weight is 262 g/mol. The Labute approximate surface area is 114 Å². The molecule has 1 heterocycles. The van der Waals surface area contributed by atoms with Crippen LogP contribution in [-0.4, -0.2) is 29.7 Å². The molecule has 1 aromatic carbocycles. The molecule has 1 aliphatic heterocycles. The number of aliphatic hydroxyl groups is 1. The summed E-state index contributed by atoms with van der Waals surface area (Å²) in [5, 5.41) is 10.5. The monoisotopic (exact) mass is 262 g/mol. The van der Waals surface area contributed by atoms with E-state index in [9.17, 15) is 9.90 Å². The van der Waals surface area contributed by atoms with Gasteiger partial charge in [-0.2, -0.15) is 0 Å². The first-order valence-electron chi connectivity index (χ1n) is 6.67. The third-order valence-corrected chi connectivity index (χ3v) is 3.87. The summed E-state index contributed by atoms with van der Waals surface area (Å²) in [7, 11) is 0. The van der Waals surface area contributed by atoms with E-state index >= 15 is 0 Å². The molecule has 1 aromatic rings. The highest BCUT2D eigenvalue weighted by Crippen LogP contribution is 2.34. The first-order valence-corrected chi connectivity index (χ1v) is 6.67. The summed E-state index contributed by atoms with van der Waals surface area (Å²) in [6.07, 6.45) is 1.02. The Balaban J connectivity index is 2.58. The molecule has 0 saturated heterocycles. The highest BCUT2D eigenvalue weighted by atomic mass is 16.3. The molecule has 104 valence electrons. The topological polar surface area (TPSA) is 66.6 Å². The fourth-order valence-electron chi connectivity index (χ4n) is 2.93.